The van der Waals surface area contributed by atoms with Gasteiger partial charge in [0.2, 0.25) is 0 Å². The van der Waals surface area contributed by atoms with Crippen LogP contribution in [-0.2, 0) is 30.8 Å². The van der Waals surface area contributed by atoms with Crippen molar-refractivity contribution in [2.75, 3.05) is 6.61 Å². The molecule has 0 radical (unpaired) electrons. The first-order valence-electron chi connectivity index (χ1n) is 4.73. The van der Waals surface area contributed by atoms with Gasteiger partial charge in [-0.15, -0.1) is 0 Å². The number of fused-ring (bicyclic) bond motifs is 1. The fourth-order valence-corrected chi connectivity index (χ4v) is 2.02. The summed E-state index contributed by atoms with van der Waals surface area (Å²) in [7, 11) is -3.50. The van der Waals surface area contributed by atoms with E-state index in [1.807, 2.05) is 30.3 Å². The number of aromatic nitrogens is 1. The molecular formula is C10H11NO3S2. The van der Waals surface area contributed by atoms with Crippen LogP contribution in [0.1, 0.15) is 5.69 Å². The Hall–Kier alpha value is -0.950. The molecule has 0 aliphatic heterocycles. The maximum Gasteiger partial charge on any atom is 0.266 e. The van der Waals surface area contributed by atoms with Crippen LogP contribution < -0.4 is 0 Å². The zero-order valence-electron chi connectivity index (χ0n) is 8.38. The number of para-hydroxylation sites is 1. The van der Waals surface area contributed by atoms with Gasteiger partial charge in [0.25, 0.3) is 9.05 Å². The molecule has 0 bridgehead atoms. The van der Waals surface area contributed by atoms with Gasteiger partial charge in [0.05, 0.1) is 6.61 Å². The monoisotopic (exact) mass is 257 g/mol. The molecule has 0 amide bonds. The smallest absolute Gasteiger partial charge is 0.266 e. The van der Waals surface area contributed by atoms with Gasteiger partial charge >= 0.3 is 0 Å². The number of rotatable bonds is 4. The van der Waals surface area contributed by atoms with Crippen molar-refractivity contribution in [3.8, 4) is 0 Å². The van der Waals surface area contributed by atoms with E-state index in [2.05, 4.69) is 20.4 Å². The normalized spacial score (nSPS) is 15.1. The average molecular weight is 257 g/mol. The van der Waals surface area contributed by atoms with Crippen molar-refractivity contribution in [2.45, 2.75) is 6.42 Å². The van der Waals surface area contributed by atoms with Gasteiger partial charge in [-0.2, -0.15) is 4.21 Å². The predicted molar refractivity (Wildman–Crippen MR) is 66.1 cm³/mol. The van der Waals surface area contributed by atoms with Gasteiger partial charge < -0.3 is 4.98 Å². The molecule has 0 fully saturated rings. The number of nitrogens with one attached hydrogen (secondary N) is 1. The molecule has 2 N–H and O–H groups in total. The molecule has 16 heavy (non-hydrogen) atoms. The fraction of sp³-hybridized carbons (Fsp3) is 0.200. The molecule has 6 heteroatoms. The lowest BCUT2D eigenvalue weighted by Gasteiger charge is -1.99. The van der Waals surface area contributed by atoms with Gasteiger partial charge in [-0.1, -0.05) is 18.2 Å². The molecule has 0 spiro atoms. The minimum Gasteiger partial charge on any atom is -0.358 e. The van der Waals surface area contributed by atoms with Crippen molar-refractivity contribution in [3.63, 3.8) is 0 Å². The lowest BCUT2D eigenvalue weighted by atomic mass is 10.2. The minimum atomic E-state index is -3.50. The molecule has 0 aliphatic carbocycles. The summed E-state index contributed by atoms with van der Waals surface area (Å²) in [5.74, 6) is 0. The fourth-order valence-electron chi connectivity index (χ4n) is 1.53. The van der Waals surface area contributed by atoms with Crippen molar-refractivity contribution in [1.82, 2.24) is 4.98 Å². The number of aromatic amines is 1. The molecule has 1 atom stereocenters. The molecule has 4 nitrogen and oxygen atoms in total. The Kier molecular flexibility index (Phi) is 3.25. The first-order chi connectivity index (χ1) is 7.54. The summed E-state index contributed by atoms with van der Waals surface area (Å²) in [6.07, 6.45) is 0.531. The highest BCUT2D eigenvalue weighted by atomic mass is 32.9. The Morgan fingerprint density at radius 3 is 2.88 bits per heavy atom. The van der Waals surface area contributed by atoms with Crippen LogP contribution in [-0.4, -0.2) is 20.4 Å². The van der Waals surface area contributed by atoms with Crippen LogP contribution in [0, 0.1) is 0 Å². The Bertz CT molecular complexity index is 556. The van der Waals surface area contributed by atoms with E-state index in [1.54, 1.807) is 0 Å². The summed E-state index contributed by atoms with van der Waals surface area (Å²) < 4.78 is 24.0. The Morgan fingerprint density at radius 1 is 1.44 bits per heavy atom. The van der Waals surface area contributed by atoms with Gasteiger partial charge in [0.1, 0.15) is 0 Å². The Morgan fingerprint density at radius 2 is 2.19 bits per heavy atom. The third kappa shape index (κ3) is 3.02. The maximum absolute atomic E-state index is 10.7. The van der Waals surface area contributed by atoms with E-state index < -0.39 is 9.05 Å². The van der Waals surface area contributed by atoms with Crippen molar-refractivity contribution >= 4 is 31.1 Å². The minimum absolute atomic E-state index is 0.131. The topological polar surface area (TPSA) is 62.3 Å². The van der Waals surface area contributed by atoms with Crippen molar-refractivity contribution in [1.29, 1.82) is 0 Å². The standard InChI is InChI=1S/C10H11NO3S2/c12-16(13,15)14-6-5-9-7-8-3-1-2-4-10(8)11-9/h1-4,7,11H,5-6H2,(H,12,13,15). The predicted octanol–water partition coefficient (Wildman–Crippen LogP) is 1.86. The quantitative estimate of drug-likeness (QED) is 0.877. The van der Waals surface area contributed by atoms with Gasteiger partial charge in [0, 0.05) is 28.8 Å². The molecule has 2 aromatic rings. The van der Waals surface area contributed by atoms with Crippen LogP contribution in [0.4, 0.5) is 0 Å². The Labute approximate surface area is 98.3 Å². The van der Waals surface area contributed by atoms with Gasteiger partial charge in [-0.25, -0.2) is 0 Å². The molecule has 0 saturated carbocycles. The molecule has 86 valence electrons. The molecular weight excluding hydrogens is 246 g/mol. The number of benzene rings is 1. The summed E-state index contributed by atoms with van der Waals surface area (Å²) in [6.45, 7) is 0.131. The summed E-state index contributed by atoms with van der Waals surface area (Å²) in [4.78, 5) is 3.19. The van der Waals surface area contributed by atoms with Gasteiger partial charge in [-0.05, 0) is 17.5 Å². The lowest BCUT2D eigenvalue weighted by Crippen LogP contribution is -2.05. The average Bonchev–Trinajstić information content (AvgIpc) is 2.57. The first kappa shape index (κ1) is 11.5. The van der Waals surface area contributed by atoms with Crippen LogP contribution in [0.25, 0.3) is 10.9 Å². The van der Waals surface area contributed by atoms with E-state index in [0.29, 0.717) is 6.42 Å². The lowest BCUT2D eigenvalue weighted by molar-refractivity contribution is 0.307. The highest BCUT2D eigenvalue weighted by Crippen LogP contribution is 2.14. The van der Waals surface area contributed by atoms with E-state index >= 15 is 0 Å². The Balaban J connectivity index is 2.05. The van der Waals surface area contributed by atoms with Crippen LogP contribution >= 0.6 is 0 Å². The zero-order valence-corrected chi connectivity index (χ0v) is 10.0. The van der Waals surface area contributed by atoms with E-state index in [4.69, 9.17) is 4.55 Å². The third-order valence-corrected chi connectivity index (χ3v) is 2.94. The molecule has 1 heterocycles. The van der Waals surface area contributed by atoms with Crippen LogP contribution in [0.2, 0.25) is 0 Å². The maximum atomic E-state index is 10.7. The number of hydrogen-bond acceptors (Lipinski definition) is 3. The van der Waals surface area contributed by atoms with Gasteiger partial charge in [-0.3, -0.25) is 8.74 Å². The SMILES string of the molecule is O=S(O)(=S)OCCc1cc2ccccc2[nH]1. The second kappa shape index (κ2) is 4.50. The molecule has 2 rings (SSSR count). The highest BCUT2D eigenvalue weighted by Gasteiger charge is 2.03. The van der Waals surface area contributed by atoms with Gasteiger partial charge in [0.15, 0.2) is 0 Å². The molecule has 1 aromatic heterocycles. The largest absolute Gasteiger partial charge is 0.358 e. The number of H-pyrrole nitrogens is 1. The highest BCUT2D eigenvalue weighted by molar-refractivity contribution is 8.27. The van der Waals surface area contributed by atoms with Crippen molar-refractivity contribution in [3.05, 3.63) is 36.0 Å². The molecule has 0 saturated heterocycles. The molecule has 0 aliphatic rings. The molecule has 1 unspecified atom stereocenters. The third-order valence-electron chi connectivity index (χ3n) is 2.19. The van der Waals surface area contributed by atoms with E-state index in [-0.39, 0.29) is 6.61 Å². The summed E-state index contributed by atoms with van der Waals surface area (Å²) in [5.41, 5.74) is 2.00. The number of hydrogen-bond donors (Lipinski definition) is 2. The van der Waals surface area contributed by atoms with Crippen LogP contribution in [0.5, 0.6) is 0 Å². The second-order valence-electron chi connectivity index (χ2n) is 3.38. The van der Waals surface area contributed by atoms with E-state index in [9.17, 15) is 4.21 Å². The van der Waals surface area contributed by atoms with Crippen molar-refractivity contribution in [2.24, 2.45) is 0 Å². The summed E-state index contributed by atoms with van der Waals surface area (Å²) >= 11 is 4.22. The summed E-state index contributed by atoms with van der Waals surface area (Å²) in [5, 5.41) is 1.11. The van der Waals surface area contributed by atoms with Crippen LogP contribution in [0.3, 0.4) is 0 Å². The second-order valence-corrected chi connectivity index (χ2v) is 5.74. The summed E-state index contributed by atoms with van der Waals surface area (Å²) in [6, 6.07) is 9.87. The van der Waals surface area contributed by atoms with E-state index in [0.717, 1.165) is 16.6 Å². The van der Waals surface area contributed by atoms with Crippen LogP contribution in [0.15, 0.2) is 30.3 Å². The zero-order chi connectivity index (χ0) is 11.6. The molecule has 1 aromatic carbocycles. The van der Waals surface area contributed by atoms with E-state index in [1.165, 1.54) is 0 Å². The van der Waals surface area contributed by atoms with Crippen molar-refractivity contribution < 1.29 is 12.9 Å². The first-order valence-corrected chi connectivity index (χ1v) is 7.09.